The average Bonchev–Trinajstić information content (AvgIpc) is 2.30. The lowest BCUT2D eigenvalue weighted by molar-refractivity contribution is -0.384. The second kappa shape index (κ2) is 4.69. The van der Waals surface area contributed by atoms with E-state index in [1.165, 1.54) is 12.1 Å². The SMILES string of the molecule is O=[N+]([O-])c1ccc(N2CCSCC2F)cc1. The number of nitrogens with zero attached hydrogens (tertiary/aromatic N) is 2. The Morgan fingerprint density at radius 2 is 2.12 bits per heavy atom. The fraction of sp³-hybridized carbons (Fsp3) is 0.400. The Labute approximate surface area is 96.6 Å². The molecule has 0 aromatic heterocycles. The lowest BCUT2D eigenvalue weighted by atomic mass is 10.2. The van der Waals surface area contributed by atoms with Crippen molar-refractivity contribution in [1.29, 1.82) is 0 Å². The van der Waals surface area contributed by atoms with Crippen LogP contribution in [-0.4, -0.2) is 29.3 Å². The van der Waals surface area contributed by atoms with Crippen LogP contribution in [0.1, 0.15) is 0 Å². The van der Waals surface area contributed by atoms with Crippen molar-refractivity contribution in [2.75, 3.05) is 23.0 Å². The molecule has 0 bridgehead atoms. The van der Waals surface area contributed by atoms with E-state index in [1.807, 2.05) is 0 Å². The van der Waals surface area contributed by atoms with Gasteiger partial charge in [0.1, 0.15) is 0 Å². The predicted molar refractivity (Wildman–Crippen MR) is 62.7 cm³/mol. The summed E-state index contributed by atoms with van der Waals surface area (Å²) in [5.41, 5.74) is 0.740. The van der Waals surface area contributed by atoms with E-state index in [0.717, 1.165) is 5.75 Å². The zero-order valence-electron chi connectivity index (χ0n) is 8.51. The molecule has 1 aliphatic heterocycles. The van der Waals surface area contributed by atoms with E-state index < -0.39 is 11.2 Å². The smallest absolute Gasteiger partial charge is 0.269 e. The molecule has 0 N–H and O–H groups in total. The van der Waals surface area contributed by atoms with Crippen molar-refractivity contribution in [3.8, 4) is 0 Å². The molecule has 1 atom stereocenters. The first-order valence-electron chi connectivity index (χ1n) is 4.91. The molecule has 1 saturated heterocycles. The molecule has 0 amide bonds. The van der Waals surface area contributed by atoms with Gasteiger partial charge >= 0.3 is 0 Å². The highest BCUT2D eigenvalue weighted by Crippen LogP contribution is 2.26. The zero-order chi connectivity index (χ0) is 11.5. The van der Waals surface area contributed by atoms with Gasteiger partial charge in [0.15, 0.2) is 6.30 Å². The number of benzene rings is 1. The van der Waals surface area contributed by atoms with Crippen molar-refractivity contribution in [2.45, 2.75) is 6.30 Å². The first-order valence-corrected chi connectivity index (χ1v) is 6.07. The van der Waals surface area contributed by atoms with Gasteiger partial charge in [-0.2, -0.15) is 11.8 Å². The van der Waals surface area contributed by atoms with Crippen LogP contribution < -0.4 is 4.90 Å². The molecule has 1 aromatic rings. The van der Waals surface area contributed by atoms with Crippen LogP contribution in [0.3, 0.4) is 0 Å². The van der Waals surface area contributed by atoms with Crippen molar-refractivity contribution in [3.63, 3.8) is 0 Å². The maximum atomic E-state index is 13.6. The predicted octanol–water partition coefficient (Wildman–Crippen LogP) is 2.44. The summed E-state index contributed by atoms with van der Waals surface area (Å²) in [5, 5.41) is 10.5. The molecule has 1 aliphatic rings. The van der Waals surface area contributed by atoms with E-state index >= 15 is 0 Å². The molecule has 1 heterocycles. The number of rotatable bonds is 2. The summed E-state index contributed by atoms with van der Waals surface area (Å²) in [4.78, 5) is 11.7. The molecule has 0 saturated carbocycles. The van der Waals surface area contributed by atoms with Crippen molar-refractivity contribution in [3.05, 3.63) is 34.4 Å². The van der Waals surface area contributed by atoms with Crippen molar-refractivity contribution < 1.29 is 9.31 Å². The number of nitro groups is 1. The molecule has 2 rings (SSSR count). The number of alkyl halides is 1. The maximum Gasteiger partial charge on any atom is 0.269 e. The highest BCUT2D eigenvalue weighted by atomic mass is 32.2. The van der Waals surface area contributed by atoms with Crippen LogP contribution in [0.25, 0.3) is 0 Å². The third-order valence-corrected chi connectivity index (χ3v) is 3.44. The Morgan fingerprint density at radius 3 is 2.69 bits per heavy atom. The van der Waals surface area contributed by atoms with Crippen molar-refractivity contribution >= 4 is 23.1 Å². The number of halogens is 1. The largest absolute Gasteiger partial charge is 0.340 e. The van der Waals surface area contributed by atoms with Gasteiger partial charge in [0, 0.05) is 35.9 Å². The fourth-order valence-electron chi connectivity index (χ4n) is 1.63. The minimum atomic E-state index is -1.000. The van der Waals surface area contributed by atoms with Crippen LogP contribution in [0.4, 0.5) is 15.8 Å². The summed E-state index contributed by atoms with van der Waals surface area (Å²) in [6, 6.07) is 6.01. The molecule has 86 valence electrons. The Balaban J connectivity index is 2.17. The molecule has 0 radical (unpaired) electrons. The number of non-ortho nitro benzene ring substituents is 1. The highest BCUT2D eigenvalue weighted by molar-refractivity contribution is 7.99. The van der Waals surface area contributed by atoms with Crippen LogP contribution in [0, 0.1) is 10.1 Å². The quantitative estimate of drug-likeness (QED) is 0.454. The topological polar surface area (TPSA) is 46.4 Å². The standard InChI is InChI=1S/C10H11FN2O2S/c11-10-7-16-6-5-12(10)8-1-3-9(4-2-8)13(14)15/h1-4,10H,5-7H2. The molecule has 0 aliphatic carbocycles. The monoisotopic (exact) mass is 242 g/mol. The zero-order valence-corrected chi connectivity index (χ0v) is 9.32. The first-order chi connectivity index (χ1) is 7.68. The van der Waals surface area contributed by atoms with Gasteiger partial charge in [0.25, 0.3) is 5.69 Å². The van der Waals surface area contributed by atoms with Gasteiger partial charge in [-0.1, -0.05) is 0 Å². The van der Waals surface area contributed by atoms with E-state index in [0.29, 0.717) is 18.0 Å². The van der Waals surface area contributed by atoms with Crippen LogP contribution in [0.5, 0.6) is 0 Å². The lowest BCUT2D eigenvalue weighted by Gasteiger charge is -2.31. The van der Waals surface area contributed by atoms with E-state index in [1.54, 1.807) is 28.8 Å². The first kappa shape index (κ1) is 11.2. The Bertz CT molecular complexity index is 385. The van der Waals surface area contributed by atoms with Crippen LogP contribution in [0.2, 0.25) is 0 Å². The molecule has 1 aromatic carbocycles. The van der Waals surface area contributed by atoms with Gasteiger partial charge in [-0.15, -0.1) is 0 Å². The maximum absolute atomic E-state index is 13.6. The van der Waals surface area contributed by atoms with Crippen molar-refractivity contribution in [2.24, 2.45) is 0 Å². The lowest BCUT2D eigenvalue weighted by Crippen LogP contribution is -2.39. The molecule has 1 unspecified atom stereocenters. The Hall–Kier alpha value is -1.30. The second-order valence-corrected chi connectivity index (χ2v) is 4.63. The van der Waals surface area contributed by atoms with Crippen LogP contribution >= 0.6 is 11.8 Å². The Kier molecular flexibility index (Phi) is 3.28. The summed E-state index contributed by atoms with van der Waals surface area (Å²) < 4.78 is 13.6. The summed E-state index contributed by atoms with van der Waals surface area (Å²) >= 11 is 1.58. The van der Waals surface area contributed by atoms with Crippen LogP contribution in [-0.2, 0) is 0 Å². The highest BCUT2D eigenvalue weighted by Gasteiger charge is 2.22. The number of hydrogen-bond donors (Lipinski definition) is 0. The molecule has 1 fully saturated rings. The molecule has 0 spiro atoms. The van der Waals surface area contributed by atoms with Gasteiger partial charge in [-0.25, -0.2) is 4.39 Å². The molecule has 6 heteroatoms. The van der Waals surface area contributed by atoms with E-state index in [-0.39, 0.29) is 5.69 Å². The van der Waals surface area contributed by atoms with E-state index in [9.17, 15) is 14.5 Å². The fourth-order valence-corrected chi connectivity index (χ4v) is 2.50. The number of thioether (sulfide) groups is 1. The number of hydrogen-bond acceptors (Lipinski definition) is 4. The molecule has 4 nitrogen and oxygen atoms in total. The minimum absolute atomic E-state index is 0.0329. The minimum Gasteiger partial charge on any atom is -0.340 e. The summed E-state index contributed by atoms with van der Waals surface area (Å²) in [6.45, 7) is 0.643. The van der Waals surface area contributed by atoms with Gasteiger partial charge in [0.2, 0.25) is 0 Å². The molecular weight excluding hydrogens is 231 g/mol. The van der Waals surface area contributed by atoms with Gasteiger partial charge in [-0.05, 0) is 12.1 Å². The van der Waals surface area contributed by atoms with Crippen LogP contribution in [0.15, 0.2) is 24.3 Å². The van der Waals surface area contributed by atoms with E-state index in [4.69, 9.17) is 0 Å². The third kappa shape index (κ3) is 2.27. The number of nitro benzene ring substituents is 1. The van der Waals surface area contributed by atoms with Gasteiger partial charge < -0.3 is 4.90 Å². The van der Waals surface area contributed by atoms with Gasteiger partial charge in [-0.3, -0.25) is 10.1 Å². The van der Waals surface area contributed by atoms with Gasteiger partial charge in [0.05, 0.1) is 4.92 Å². The summed E-state index contributed by atoms with van der Waals surface area (Å²) in [6.07, 6.45) is -1.000. The average molecular weight is 242 g/mol. The normalized spacial score (nSPS) is 20.8. The number of anilines is 1. The van der Waals surface area contributed by atoms with Crippen molar-refractivity contribution in [1.82, 2.24) is 0 Å². The molecule has 16 heavy (non-hydrogen) atoms. The third-order valence-electron chi connectivity index (χ3n) is 2.46. The summed E-state index contributed by atoms with van der Waals surface area (Å²) in [7, 11) is 0. The van der Waals surface area contributed by atoms with E-state index in [2.05, 4.69) is 0 Å². The molecular formula is C10H11FN2O2S. The second-order valence-electron chi connectivity index (χ2n) is 3.48. The summed E-state index contributed by atoms with van der Waals surface area (Å²) in [5.74, 6) is 1.34. The Morgan fingerprint density at radius 1 is 1.44 bits per heavy atom.